The van der Waals surface area contributed by atoms with Gasteiger partial charge in [0.25, 0.3) is 11.8 Å². The average molecular weight is 544 g/mol. The van der Waals surface area contributed by atoms with E-state index < -0.39 is 11.8 Å². The number of halogens is 1. The number of benzene rings is 3. The number of rotatable bonds is 8. The van der Waals surface area contributed by atoms with Crippen molar-refractivity contribution in [1.29, 1.82) is 0 Å². The Morgan fingerprint density at radius 3 is 1.95 bits per heavy atom. The van der Waals surface area contributed by atoms with Crippen LogP contribution in [0.25, 0.3) is 21.8 Å². The molecule has 0 fully saturated rings. The molecule has 0 saturated carbocycles. The number of primary amides is 2. The van der Waals surface area contributed by atoms with Crippen molar-refractivity contribution in [2.24, 2.45) is 11.5 Å². The van der Waals surface area contributed by atoms with Crippen molar-refractivity contribution < 1.29 is 23.8 Å². The van der Waals surface area contributed by atoms with E-state index in [-0.39, 0.29) is 11.1 Å². The molecule has 5 rings (SSSR count). The molecule has 0 radical (unpaired) electrons. The number of carbonyl (C=O) groups excluding carboxylic acids is 2. The number of fused-ring (bicyclic) bond motifs is 2. The summed E-state index contributed by atoms with van der Waals surface area (Å²) in [4.78, 5) is 32.7. The lowest BCUT2D eigenvalue weighted by molar-refractivity contribution is 0.0989. The number of aromatic nitrogens is 2. The molecule has 0 aliphatic carbocycles. The normalized spacial score (nSPS) is 10.8. The molecule has 0 aliphatic rings. The maximum atomic E-state index is 12.0. The maximum absolute atomic E-state index is 12.0. The van der Waals surface area contributed by atoms with Gasteiger partial charge in [-0.1, -0.05) is 11.6 Å². The molecule has 0 spiro atoms. The summed E-state index contributed by atoms with van der Waals surface area (Å²) >= 11 is 6.51. The summed E-state index contributed by atoms with van der Waals surface area (Å²) in [6.45, 7) is 0. The van der Waals surface area contributed by atoms with Gasteiger partial charge in [-0.2, -0.15) is 0 Å². The van der Waals surface area contributed by atoms with Crippen molar-refractivity contribution in [3.05, 3.63) is 83.1 Å². The molecular weight excluding hydrogens is 522 g/mol. The Hall–Kier alpha value is -5.09. The van der Waals surface area contributed by atoms with Gasteiger partial charge in [-0.3, -0.25) is 19.6 Å². The first-order chi connectivity index (χ1) is 18.8. The van der Waals surface area contributed by atoms with E-state index in [0.717, 1.165) is 0 Å². The SMILES string of the molecule is COc1cc2nccc(Nc3cc(Oc4ccnc5cc(OC)c(C(N)=O)cc45)ccc3Cl)c2cc1C(N)=O. The first kappa shape index (κ1) is 25.6. The van der Waals surface area contributed by atoms with Crippen LogP contribution in [0.2, 0.25) is 5.02 Å². The lowest BCUT2D eigenvalue weighted by Gasteiger charge is -2.15. The first-order valence-corrected chi connectivity index (χ1v) is 11.9. The van der Waals surface area contributed by atoms with Gasteiger partial charge < -0.3 is 31.0 Å². The lowest BCUT2D eigenvalue weighted by Crippen LogP contribution is -2.12. The van der Waals surface area contributed by atoms with Crippen LogP contribution < -0.4 is 31.0 Å². The van der Waals surface area contributed by atoms with E-state index in [2.05, 4.69) is 15.3 Å². The van der Waals surface area contributed by atoms with Crippen molar-refractivity contribution >= 4 is 56.6 Å². The number of ether oxygens (including phenoxy) is 3. The van der Waals surface area contributed by atoms with Crippen LogP contribution in [-0.2, 0) is 0 Å². The van der Waals surface area contributed by atoms with Crippen LogP contribution in [0.1, 0.15) is 20.7 Å². The molecule has 0 bridgehead atoms. The third-order valence-corrected chi connectivity index (χ3v) is 6.38. The minimum absolute atomic E-state index is 0.206. The van der Waals surface area contributed by atoms with Gasteiger partial charge in [0.1, 0.15) is 23.0 Å². The number of amides is 2. The van der Waals surface area contributed by atoms with Gasteiger partial charge in [0.05, 0.1) is 47.1 Å². The molecule has 0 saturated heterocycles. The molecule has 5 aromatic rings. The van der Waals surface area contributed by atoms with Crippen LogP contribution in [0.5, 0.6) is 23.0 Å². The largest absolute Gasteiger partial charge is 0.496 e. The molecule has 0 unspecified atom stereocenters. The van der Waals surface area contributed by atoms with Crippen LogP contribution >= 0.6 is 11.6 Å². The quantitative estimate of drug-likeness (QED) is 0.242. The molecule has 10 nitrogen and oxygen atoms in total. The predicted octanol–water partition coefficient (Wildman–Crippen LogP) is 5.19. The van der Waals surface area contributed by atoms with E-state index in [1.807, 2.05) is 0 Å². The van der Waals surface area contributed by atoms with E-state index >= 15 is 0 Å². The Kier molecular flexibility index (Phi) is 6.78. The molecular formula is C28H22ClN5O5. The zero-order valence-corrected chi connectivity index (χ0v) is 21.6. The molecule has 2 aromatic heterocycles. The molecule has 196 valence electrons. The van der Waals surface area contributed by atoms with Crippen molar-refractivity contribution in [3.63, 3.8) is 0 Å². The minimum atomic E-state index is -0.636. The summed E-state index contributed by atoms with van der Waals surface area (Å²) in [5.74, 6) is 0.297. The zero-order chi connectivity index (χ0) is 27.7. The molecule has 0 atom stereocenters. The van der Waals surface area contributed by atoms with Gasteiger partial charge >= 0.3 is 0 Å². The maximum Gasteiger partial charge on any atom is 0.252 e. The topological polar surface area (TPSA) is 152 Å². The molecule has 3 aromatic carbocycles. The number of hydrogen-bond acceptors (Lipinski definition) is 8. The first-order valence-electron chi connectivity index (χ1n) is 11.6. The smallest absolute Gasteiger partial charge is 0.252 e. The van der Waals surface area contributed by atoms with Gasteiger partial charge in [-0.25, -0.2) is 0 Å². The second-order valence-corrected chi connectivity index (χ2v) is 8.81. The highest BCUT2D eigenvalue weighted by atomic mass is 35.5. The Labute approximate surface area is 227 Å². The number of pyridine rings is 2. The zero-order valence-electron chi connectivity index (χ0n) is 20.8. The number of nitrogens with zero attached hydrogens (tertiary/aromatic N) is 2. The average Bonchev–Trinajstić information content (AvgIpc) is 2.93. The van der Waals surface area contributed by atoms with Crippen molar-refractivity contribution in [2.45, 2.75) is 0 Å². The van der Waals surface area contributed by atoms with Crippen LogP contribution in [-0.4, -0.2) is 36.0 Å². The number of methoxy groups -OCH3 is 2. The van der Waals surface area contributed by atoms with Gasteiger partial charge in [0.15, 0.2) is 0 Å². The van der Waals surface area contributed by atoms with Crippen LogP contribution in [0.15, 0.2) is 67.0 Å². The summed E-state index contributed by atoms with van der Waals surface area (Å²) < 4.78 is 16.8. The van der Waals surface area contributed by atoms with Crippen molar-refractivity contribution in [3.8, 4) is 23.0 Å². The second kappa shape index (κ2) is 10.3. The molecule has 39 heavy (non-hydrogen) atoms. The minimum Gasteiger partial charge on any atom is -0.496 e. The summed E-state index contributed by atoms with van der Waals surface area (Å²) in [5.41, 5.74) is 13.8. The Bertz CT molecular complexity index is 1780. The fraction of sp³-hybridized carbons (Fsp3) is 0.0714. The molecule has 11 heteroatoms. The van der Waals surface area contributed by atoms with Crippen molar-refractivity contribution in [2.75, 3.05) is 19.5 Å². The van der Waals surface area contributed by atoms with E-state index in [0.29, 0.717) is 61.2 Å². The highest BCUT2D eigenvalue weighted by Crippen LogP contribution is 2.37. The van der Waals surface area contributed by atoms with Gasteiger partial charge in [-0.05, 0) is 36.4 Å². The van der Waals surface area contributed by atoms with Gasteiger partial charge in [0.2, 0.25) is 0 Å². The van der Waals surface area contributed by atoms with Crippen LogP contribution in [0.3, 0.4) is 0 Å². The monoisotopic (exact) mass is 543 g/mol. The van der Waals surface area contributed by atoms with E-state index in [1.165, 1.54) is 14.2 Å². The Morgan fingerprint density at radius 2 is 1.33 bits per heavy atom. The molecule has 0 aliphatic heterocycles. The Morgan fingerprint density at radius 1 is 0.744 bits per heavy atom. The highest BCUT2D eigenvalue weighted by Gasteiger charge is 2.16. The summed E-state index contributed by atoms with van der Waals surface area (Å²) in [5, 5.41) is 4.93. The molecule has 5 N–H and O–H groups in total. The number of carbonyl (C=O) groups is 2. The third kappa shape index (κ3) is 4.92. The van der Waals surface area contributed by atoms with E-state index in [1.54, 1.807) is 67.0 Å². The molecule has 2 heterocycles. The number of nitrogens with two attached hydrogens (primary N) is 2. The lowest BCUT2D eigenvalue weighted by atomic mass is 10.1. The second-order valence-electron chi connectivity index (χ2n) is 8.40. The van der Waals surface area contributed by atoms with Crippen LogP contribution in [0, 0.1) is 0 Å². The highest BCUT2D eigenvalue weighted by molar-refractivity contribution is 6.33. The standard InChI is InChI=1S/C28H22ClN5O5/c1-37-25-12-21-15(10-17(25)27(30)35)20(5-7-32-21)34-23-9-14(3-4-19(23)29)39-24-6-8-33-22-13-26(38-2)18(28(31)36)11-16(22)24/h3-13H,1-2H3,(H2,30,35)(H2,31,36)(H,32,34). The van der Waals surface area contributed by atoms with Crippen LogP contribution in [0.4, 0.5) is 11.4 Å². The number of hydrogen-bond donors (Lipinski definition) is 3. The summed E-state index contributed by atoms with van der Waals surface area (Å²) in [6, 6.07) is 15.0. The fourth-order valence-electron chi connectivity index (χ4n) is 4.18. The fourth-order valence-corrected chi connectivity index (χ4v) is 4.34. The number of nitrogens with one attached hydrogen (secondary N) is 1. The summed E-state index contributed by atoms with van der Waals surface area (Å²) in [7, 11) is 2.91. The summed E-state index contributed by atoms with van der Waals surface area (Å²) in [6.07, 6.45) is 3.21. The van der Waals surface area contributed by atoms with E-state index in [9.17, 15) is 9.59 Å². The molecule has 2 amide bonds. The number of anilines is 2. The van der Waals surface area contributed by atoms with Gasteiger partial charge in [-0.15, -0.1) is 0 Å². The van der Waals surface area contributed by atoms with E-state index in [4.69, 9.17) is 37.3 Å². The predicted molar refractivity (Wildman–Crippen MR) is 148 cm³/mol. The van der Waals surface area contributed by atoms with Crippen molar-refractivity contribution in [1.82, 2.24) is 9.97 Å². The van der Waals surface area contributed by atoms with Gasteiger partial charge in [0, 0.05) is 47.1 Å². The Balaban J connectivity index is 1.53. The third-order valence-electron chi connectivity index (χ3n) is 6.05.